The van der Waals surface area contributed by atoms with E-state index in [1.54, 1.807) is 12.4 Å². The number of fused-ring (bicyclic) bond motifs is 2. The molecule has 0 aliphatic rings. The topological polar surface area (TPSA) is 202 Å². The van der Waals surface area contributed by atoms with E-state index in [4.69, 9.17) is 10.8 Å². The second-order valence-corrected chi connectivity index (χ2v) is 9.61. The van der Waals surface area contributed by atoms with Crippen LogP contribution in [0, 0.1) is 0 Å². The lowest BCUT2D eigenvalue weighted by atomic mass is 10.0. The molecule has 0 fully saturated rings. The quantitative estimate of drug-likeness (QED) is 0.124. The monoisotopic (exact) mass is 548 g/mol. The summed E-state index contributed by atoms with van der Waals surface area (Å²) in [5.74, 6) is -3.42. The minimum atomic E-state index is -1.52. The molecular formula is C28H32N6O6. The largest absolute Gasteiger partial charge is 0.480 e. The van der Waals surface area contributed by atoms with Crippen molar-refractivity contribution >= 4 is 45.5 Å². The van der Waals surface area contributed by atoms with E-state index in [0.717, 1.165) is 32.9 Å². The lowest BCUT2D eigenvalue weighted by Crippen LogP contribution is -2.57. The highest BCUT2D eigenvalue weighted by Crippen LogP contribution is 2.20. The molecule has 0 aliphatic heterocycles. The molecule has 9 N–H and O–H groups in total. The molecule has 0 saturated heterocycles. The Morgan fingerprint density at radius 1 is 0.775 bits per heavy atom. The van der Waals surface area contributed by atoms with Crippen LogP contribution in [0.2, 0.25) is 0 Å². The summed E-state index contributed by atoms with van der Waals surface area (Å²) in [5, 5.41) is 27.5. The first kappa shape index (κ1) is 28.3. The number of aliphatic carboxylic acids is 1. The molecule has 2 aromatic carbocycles. The molecule has 0 aliphatic carbocycles. The average molecular weight is 549 g/mol. The predicted octanol–water partition coefficient (Wildman–Crippen LogP) is 0.313. The number of carboxylic acid groups (broad SMARTS) is 1. The van der Waals surface area contributed by atoms with E-state index >= 15 is 0 Å². The molecule has 0 bridgehead atoms. The molecule has 4 atom stereocenters. The molecule has 3 amide bonds. The summed E-state index contributed by atoms with van der Waals surface area (Å²) in [4.78, 5) is 56.4. The van der Waals surface area contributed by atoms with E-state index in [1.807, 2.05) is 48.5 Å². The third kappa shape index (κ3) is 6.47. The fourth-order valence-corrected chi connectivity index (χ4v) is 4.50. The van der Waals surface area contributed by atoms with Gasteiger partial charge in [0.1, 0.15) is 18.1 Å². The molecular weight excluding hydrogens is 516 g/mol. The maximum atomic E-state index is 13.3. The van der Waals surface area contributed by atoms with E-state index in [1.165, 1.54) is 6.92 Å². The summed E-state index contributed by atoms with van der Waals surface area (Å²) in [6, 6.07) is 10.4. The van der Waals surface area contributed by atoms with Crippen LogP contribution in [-0.2, 0) is 32.0 Å². The number of benzene rings is 2. The van der Waals surface area contributed by atoms with Crippen LogP contribution in [0.1, 0.15) is 18.1 Å². The molecule has 40 heavy (non-hydrogen) atoms. The van der Waals surface area contributed by atoms with Crippen LogP contribution in [0.25, 0.3) is 21.8 Å². The number of H-pyrrole nitrogens is 2. The fraction of sp³-hybridized carbons (Fsp3) is 0.286. The van der Waals surface area contributed by atoms with Gasteiger partial charge >= 0.3 is 5.97 Å². The van der Waals surface area contributed by atoms with Crippen molar-refractivity contribution in [3.63, 3.8) is 0 Å². The molecule has 4 unspecified atom stereocenters. The average Bonchev–Trinajstić information content (AvgIpc) is 3.55. The van der Waals surface area contributed by atoms with E-state index < -0.39 is 54.5 Å². The molecule has 4 rings (SSSR count). The molecule has 12 nitrogen and oxygen atoms in total. The number of carbonyl (C=O) groups is 4. The Hall–Kier alpha value is -4.68. The SMILES string of the molecule is CC(NC(=O)C(Cc1c[nH]c2ccccc12)NC(=O)C(N)Cc1c[nH]c2ccccc12)C(=O)NC(CO)C(=O)O. The lowest BCUT2D eigenvalue weighted by molar-refractivity contribution is -0.143. The van der Waals surface area contributed by atoms with Gasteiger partial charge in [-0.05, 0) is 36.6 Å². The third-order valence-corrected chi connectivity index (χ3v) is 6.73. The van der Waals surface area contributed by atoms with E-state index in [-0.39, 0.29) is 12.8 Å². The van der Waals surface area contributed by atoms with Gasteiger partial charge in [0, 0.05) is 40.6 Å². The van der Waals surface area contributed by atoms with Crippen molar-refractivity contribution in [3.05, 3.63) is 72.1 Å². The molecule has 2 heterocycles. The number of hydrogen-bond acceptors (Lipinski definition) is 6. The van der Waals surface area contributed by atoms with Gasteiger partial charge in [-0.2, -0.15) is 0 Å². The summed E-state index contributed by atoms with van der Waals surface area (Å²) >= 11 is 0. The molecule has 0 radical (unpaired) electrons. The minimum Gasteiger partial charge on any atom is -0.480 e. The van der Waals surface area contributed by atoms with Crippen molar-refractivity contribution in [1.82, 2.24) is 25.9 Å². The van der Waals surface area contributed by atoms with Gasteiger partial charge in [0.05, 0.1) is 12.6 Å². The Morgan fingerprint density at radius 2 is 1.30 bits per heavy atom. The zero-order chi connectivity index (χ0) is 28.8. The van der Waals surface area contributed by atoms with Gasteiger partial charge in [0.15, 0.2) is 0 Å². The zero-order valence-electron chi connectivity index (χ0n) is 21.8. The summed E-state index contributed by atoms with van der Waals surface area (Å²) in [6.45, 7) is 0.562. The van der Waals surface area contributed by atoms with Gasteiger partial charge in [-0.25, -0.2) is 4.79 Å². The van der Waals surface area contributed by atoms with Crippen LogP contribution in [0.4, 0.5) is 0 Å². The lowest BCUT2D eigenvalue weighted by Gasteiger charge is -2.23. The van der Waals surface area contributed by atoms with Crippen LogP contribution in [0.15, 0.2) is 60.9 Å². The molecule has 4 aromatic rings. The molecule has 0 saturated carbocycles. The zero-order valence-corrected chi connectivity index (χ0v) is 21.8. The number of carboxylic acids is 1. The first-order valence-corrected chi connectivity index (χ1v) is 12.8. The van der Waals surface area contributed by atoms with Crippen molar-refractivity contribution in [2.45, 2.75) is 43.9 Å². The summed E-state index contributed by atoms with van der Waals surface area (Å²) in [5.41, 5.74) is 9.65. The number of aliphatic hydroxyl groups excluding tert-OH is 1. The molecule has 2 aromatic heterocycles. The van der Waals surface area contributed by atoms with Crippen molar-refractivity contribution in [1.29, 1.82) is 0 Å². The van der Waals surface area contributed by atoms with Gasteiger partial charge in [0.25, 0.3) is 0 Å². The van der Waals surface area contributed by atoms with Gasteiger partial charge in [-0.1, -0.05) is 36.4 Å². The number of aromatic amines is 2. The number of amides is 3. The minimum absolute atomic E-state index is 0.101. The van der Waals surface area contributed by atoms with Crippen molar-refractivity contribution in [2.24, 2.45) is 5.73 Å². The molecule has 210 valence electrons. The Bertz CT molecular complexity index is 1530. The Morgan fingerprint density at radius 3 is 1.85 bits per heavy atom. The summed E-state index contributed by atoms with van der Waals surface area (Å²) in [6.07, 6.45) is 3.88. The number of nitrogens with two attached hydrogens (primary N) is 1. The number of para-hydroxylation sites is 2. The third-order valence-electron chi connectivity index (χ3n) is 6.73. The van der Waals surface area contributed by atoms with Crippen LogP contribution < -0.4 is 21.7 Å². The number of aliphatic hydroxyl groups is 1. The molecule has 12 heteroatoms. The predicted molar refractivity (Wildman–Crippen MR) is 148 cm³/mol. The first-order valence-electron chi connectivity index (χ1n) is 12.8. The van der Waals surface area contributed by atoms with Crippen LogP contribution in [0.3, 0.4) is 0 Å². The smallest absolute Gasteiger partial charge is 0.328 e. The second-order valence-electron chi connectivity index (χ2n) is 9.61. The summed E-state index contributed by atoms with van der Waals surface area (Å²) < 4.78 is 0. The van der Waals surface area contributed by atoms with E-state index in [0.29, 0.717) is 0 Å². The van der Waals surface area contributed by atoms with Crippen LogP contribution >= 0.6 is 0 Å². The molecule has 0 spiro atoms. The van der Waals surface area contributed by atoms with Crippen molar-refractivity contribution < 1.29 is 29.4 Å². The normalized spacial score (nSPS) is 14.3. The van der Waals surface area contributed by atoms with Crippen molar-refractivity contribution in [2.75, 3.05) is 6.61 Å². The van der Waals surface area contributed by atoms with Gasteiger partial charge in [0.2, 0.25) is 17.7 Å². The number of rotatable bonds is 12. The standard InChI is InChI=1S/C28H32N6O6/c1-15(25(36)34-24(14-35)28(39)40)32-27(38)23(11-17-13-31-22-9-5-3-7-19(17)22)33-26(37)20(29)10-16-12-30-21-8-4-2-6-18(16)21/h2-9,12-13,15,20,23-24,30-31,35H,10-11,14,29H2,1H3,(H,32,38)(H,33,37)(H,34,36)(H,39,40). The first-order chi connectivity index (χ1) is 19.2. The number of aromatic nitrogens is 2. The van der Waals surface area contributed by atoms with Gasteiger partial charge in [-0.3, -0.25) is 14.4 Å². The Kier molecular flexibility index (Phi) is 8.82. The van der Waals surface area contributed by atoms with Gasteiger partial charge in [-0.15, -0.1) is 0 Å². The highest BCUT2D eigenvalue weighted by atomic mass is 16.4. The maximum absolute atomic E-state index is 13.3. The van der Waals surface area contributed by atoms with Crippen LogP contribution in [-0.4, -0.2) is 74.6 Å². The second kappa shape index (κ2) is 12.5. The van der Waals surface area contributed by atoms with Crippen molar-refractivity contribution in [3.8, 4) is 0 Å². The van der Waals surface area contributed by atoms with Gasteiger partial charge < -0.3 is 41.9 Å². The Balaban J connectivity index is 1.50. The van der Waals surface area contributed by atoms with E-state index in [2.05, 4.69) is 25.9 Å². The van der Waals surface area contributed by atoms with Crippen LogP contribution in [0.5, 0.6) is 0 Å². The Labute approximate surface area is 229 Å². The number of hydrogen-bond donors (Lipinski definition) is 8. The fourth-order valence-electron chi connectivity index (χ4n) is 4.50. The highest BCUT2D eigenvalue weighted by molar-refractivity contribution is 5.95. The maximum Gasteiger partial charge on any atom is 0.328 e. The number of nitrogens with one attached hydrogen (secondary N) is 5. The highest BCUT2D eigenvalue weighted by Gasteiger charge is 2.29. The number of carbonyl (C=O) groups excluding carboxylic acids is 3. The summed E-state index contributed by atoms with van der Waals surface area (Å²) in [7, 11) is 0. The van der Waals surface area contributed by atoms with E-state index in [9.17, 15) is 24.3 Å².